The second kappa shape index (κ2) is 5.56. The summed E-state index contributed by atoms with van der Waals surface area (Å²) in [6.45, 7) is 2.11. The van der Waals surface area contributed by atoms with Crippen molar-refractivity contribution in [3.8, 4) is 0 Å². The molecule has 1 aliphatic heterocycles. The van der Waals surface area contributed by atoms with E-state index in [1.807, 2.05) is 0 Å². The first kappa shape index (κ1) is 13.8. The van der Waals surface area contributed by atoms with Crippen LogP contribution in [-0.2, 0) is 19.7 Å². The molecule has 0 unspecified atom stereocenters. The van der Waals surface area contributed by atoms with Gasteiger partial charge in [-0.05, 0) is 12.5 Å². The zero-order valence-corrected chi connectivity index (χ0v) is 11.6. The Balaban J connectivity index is 2.66. The largest absolute Gasteiger partial charge is 0.394 e. The molecule has 8 heteroatoms. The van der Waals surface area contributed by atoms with Gasteiger partial charge in [0.05, 0.1) is 0 Å². The Kier molecular flexibility index (Phi) is 4.04. The highest BCUT2D eigenvalue weighted by Gasteiger charge is 2.24. The highest BCUT2D eigenvalue weighted by molar-refractivity contribution is 8.14. The zero-order valence-electron chi connectivity index (χ0n) is 9.99. The summed E-state index contributed by atoms with van der Waals surface area (Å²) in [6, 6.07) is 4.96. The molecule has 1 heterocycles. The van der Waals surface area contributed by atoms with Crippen LogP contribution in [0.5, 0.6) is 0 Å². The summed E-state index contributed by atoms with van der Waals surface area (Å²) in [5.74, 6) is 0.684. The van der Waals surface area contributed by atoms with Gasteiger partial charge in [0.1, 0.15) is 16.5 Å². The van der Waals surface area contributed by atoms with E-state index in [2.05, 4.69) is 9.55 Å². The average Bonchev–Trinajstić information content (AvgIpc) is 2.39. The molecule has 0 saturated carbocycles. The van der Waals surface area contributed by atoms with Gasteiger partial charge in [0.15, 0.2) is 0 Å². The predicted molar refractivity (Wildman–Crippen MR) is 71.4 cm³/mol. The van der Waals surface area contributed by atoms with Crippen molar-refractivity contribution in [3.63, 3.8) is 0 Å². The smallest absolute Gasteiger partial charge is 0.293 e. The number of aryl methyl sites for hydroxylation is 1. The molecule has 0 radical (unpaired) electrons. The molecule has 0 spiro atoms. The van der Waals surface area contributed by atoms with Gasteiger partial charge in [0.2, 0.25) is 0 Å². The van der Waals surface area contributed by atoms with E-state index in [-0.39, 0.29) is 4.90 Å². The normalized spacial score (nSPS) is 15.1. The van der Waals surface area contributed by atoms with Crippen molar-refractivity contribution in [2.24, 2.45) is 9.55 Å². The Bertz CT molecular complexity index is 676. The summed E-state index contributed by atoms with van der Waals surface area (Å²) in [6.07, 6.45) is 1.07. The van der Waals surface area contributed by atoms with Crippen LogP contribution in [-0.4, -0.2) is 31.9 Å². The SMILES string of the molecule is Cc1cccc(C2=NOCCS2)c1S(=O)(=O)N=C=O. The molecule has 100 valence electrons. The minimum absolute atomic E-state index is 0.0323. The van der Waals surface area contributed by atoms with Gasteiger partial charge >= 0.3 is 0 Å². The number of sulfonamides is 1. The first-order valence-electron chi connectivity index (χ1n) is 5.33. The molecule has 1 aliphatic rings. The molecular formula is C11H10N2O4S2. The fourth-order valence-corrected chi connectivity index (χ4v) is 3.64. The van der Waals surface area contributed by atoms with E-state index in [0.29, 0.717) is 28.5 Å². The number of hydrogen-bond acceptors (Lipinski definition) is 6. The van der Waals surface area contributed by atoms with Crippen LogP contribution in [0.2, 0.25) is 0 Å². The fraction of sp³-hybridized carbons (Fsp3) is 0.273. The Labute approximate surface area is 114 Å². The summed E-state index contributed by atoms with van der Waals surface area (Å²) in [7, 11) is -4.07. The maximum absolute atomic E-state index is 12.0. The second-order valence-corrected chi connectivity index (χ2v) is 6.31. The van der Waals surface area contributed by atoms with Crippen molar-refractivity contribution < 1.29 is 18.0 Å². The van der Waals surface area contributed by atoms with Gasteiger partial charge in [-0.15, -0.1) is 0 Å². The number of isocyanates is 1. The van der Waals surface area contributed by atoms with Gasteiger partial charge in [0.25, 0.3) is 16.1 Å². The van der Waals surface area contributed by atoms with E-state index >= 15 is 0 Å². The van der Waals surface area contributed by atoms with Gasteiger partial charge in [-0.3, -0.25) is 0 Å². The topological polar surface area (TPSA) is 85.2 Å². The molecule has 0 fully saturated rings. The summed E-state index contributed by atoms with van der Waals surface area (Å²) in [4.78, 5) is 15.2. The van der Waals surface area contributed by atoms with E-state index in [1.54, 1.807) is 25.1 Å². The lowest BCUT2D eigenvalue weighted by Crippen LogP contribution is -2.13. The Morgan fingerprint density at radius 2 is 2.26 bits per heavy atom. The van der Waals surface area contributed by atoms with Gasteiger partial charge in [-0.2, -0.15) is 8.42 Å². The third-order valence-corrected chi connectivity index (χ3v) is 4.73. The van der Waals surface area contributed by atoms with E-state index < -0.39 is 10.0 Å². The summed E-state index contributed by atoms with van der Waals surface area (Å²) in [5.41, 5.74) is 0.883. The monoisotopic (exact) mass is 298 g/mol. The Morgan fingerprint density at radius 1 is 1.47 bits per heavy atom. The van der Waals surface area contributed by atoms with Gasteiger partial charge < -0.3 is 4.84 Å². The molecule has 0 aliphatic carbocycles. The molecule has 0 N–H and O–H groups in total. The van der Waals surface area contributed by atoms with Crippen LogP contribution in [0.3, 0.4) is 0 Å². The van der Waals surface area contributed by atoms with Crippen molar-refractivity contribution in [1.82, 2.24) is 0 Å². The van der Waals surface area contributed by atoms with Crippen LogP contribution < -0.4 is 0 Å². The number of benzene rings is 1. The lowest BCUT2D eigenvalue weighted by molar-refractivity contribution is 0.160. The minimum Gasteiger partial charge on any atom is -0.394 e. The molecule has 2 rings (SSSR count). The third kappa shape index (κ3) is 2.86. The number of nitrogens with zero attached hydrogens (tertiary/aromatic N) is 2. The summed E-state index contributed by atoms with van der Waals surface area (Å²) in [5, 5.41) is 4.32. The molecule has 6 nitrogen and oxygen atoms in total. The van der Waals surface area contributed by atoms with Crippen LogP contribution in [0.4, 0.5) is 0 Å². The Hall–Kier alpha value is -1.63. The first-order chi connectivity index (χ1) is 9.06. The first-order valence-corrected chi connectivity index (χ1v) is 7.76. The average molecular weight is 298 g/mol. The van der Waals surface area contributed by atoms with E-state index in [0.717, 1.165) is 6.08 Å². The molecule has 1 aromatic carbocycles. The van der Waals surface area contributed by atoms with Gasteiger partial charge in [-0.1, -0.05) is 39.5 Å². The van der Waals surface area contributed by atoms with Crippen LogP contribution in [0.25, 0.3) is 0 Å². The van der Waals surface area contributed by atoms with Crippen LogP contribution in [0, 0.1) is 6.92 Å². The molecule has 0 aromatic heterocycles. The van der Waals surface area contributed by atoms with E-state index in [9.17, 15) is 13.2 Å². The lowest BCUT2D eigenvalue weighted by atomic mass is 10.1. The second-order valence-electron chi connectivity index (χ2n) is 3.69. The van der Waals surface area contributed by atoms with Crippen molar-refractivity contribution in [1.29, 1.82) is 0 Å². The summed E-state index contributed by atoms with van der Waals surface area (Å²) < 4.78 is 26.9. The number of carbonyl (C=O) groups excluding carboxylic acids is 1. The molecule has 1 aromatic rings. The predicted octanol–water partition coefficient (Wildman–Crippen LogP) is 1.44. The minimum atomic E-state index is -4.07. The number of rotatable bonds is 3. The van der Waals surface area contributed by atoms with Gasteiger partial charge in [-0.25, -0.2) is 4.79 Å². The molecular weight excluding hydrogens is 288 g/mol. The van der Waals surface area contributed by atoms with Crippen LogP contribution >= 0.6 is 11.8 Å². The zero-order chi connectivity index (χ0) is 13.9. The Morgan fingerprint density at radius 3 is 2.89 bits per heavy atom. The van der Waals surface area contributed by atoms with Crippen molar-refractivity contribution in [2.45, 2.75) is 11.8 Å². The number of hydrogen-bond donors (Lipinski definition) is 0. The number of thioether (sulfide) groups is 1. The van der Waals surface area contributed by atoms with Crippen molar-refractivity contribution in [3.05, 3.63) is 29.3 Å². The van der Waals surface area contributed by atoms with Crippen molar-refractivity contribution >= 4 is 32.9 Å². The summed E-state index contributed by atoms with van der Waals surface area (Å²) >= 11 is 1.39. The number of oxime groups is 1. The fourth-order valence-electron chi connectivity index (χ4n) is 1.69. The van der Waals surface area contributed by atoms with Crippen molar-refractivity contribution in [2.75, 3.05) is 12.4 Å². The highest BCUT2D eigenvalue weighted by atomic mass is 32.2. The third-order valence-electron chi connectivity index (χ3n) is 2.42. The standard InChI is InChI=1S/C11H10N2O4S2/c1-8-3-2-4-9(11-13-17-5-6-18-11)10(8)19(15,16)12-7-14/h2-4H,5-6H2,1H3. The van der Waals surface area contributed by atoms with E-state index in [1.165, 1.54) is 11.8 Å². The maximum Gasteiger partial charge on any atom is 0.293 e. The van der Waals surface area contributed by atoms with Gasteiger partial charge in [0, 0.05) is 11.3 Å². The maximum atomic E-state index is 12.0. The lowest BCUT2D eigenvalue weighted by Gasteiger charge is -2.14. The molecule has 0 saturated heterocycles. The molecule has 19 heavy (non-hydrogen) atoms. The van der Waals surface area contributed by atoms with E-state index in [4.69, 9.17) is 4.84 Å². The van der Waals surface area contributed by atoms with Crippen LogP contribution in [0.1, 0.15) is 11.1 Å². The quantitative estimate of drug-likeness (QED) is 0.622. The highest BCUT2D eigenvalue weighted by Crippen LogP contribution is 2.27. The van der Waals surface area contributed by atoms with Crippen LogP contribution in [0.15, 0.2) is 32.6 Å². The molecule has 0 atom stereocenters. The molecule has 0 bridgehead atoms. The molecule has 0 amide bonds.